The Labute approximate surface area is 172 Å². The van der Waals surface area contributed by atoms with Crippen LogP contribution in [0.4, 0.5) is 4.39 Å². The van der Waals surface area contributed by atoms with Crippen molar-refractivity contribution in [2.45, 2.75) is 44.6 Å². The van der Waals surface area contributed by atoms with Gasteiger partial charge in [-0.05, 0) is 57.0 Å². The van der Waals surface area contributed by atoms with E-state index in [1.54, 1.807) is 12.1 Å². The minimum atomic E-state index is -0.328. The highest BCUT2D eigenvalue weighted by Crippen LogP contribution is 2.26. The number of nitrogens with zero attached hydrogens (tertiary/aromatic N) is 3. The molecule has 0 bridgehead atoms. The van der Waals surface area contributed by atoms with Gasteiger partial charge in [0.2, 0.25) is 5.89 Å². The Morgan fingerprint density at radius 1 is 1.28 bits per heavy atom. The van der Waals surface area contributed by atoms with Gasteiger partial charge in [-0.3, -0.25) is 4.79 Å². The number of carbonyl (C=O) groups is 1. The number of hydrogen-bond acceptors (Lipinski definition) is 6. The summed E-state index contributed by atoms with van der Waals surface area (Å²) in [4.78, 5) is 12.8. The van der Waals surface area contributed by atoms with E-state index in [0.29, 0.717) is 22.2 Å². The standard InChI is InChI=1S/C21H22FN3O3S/c1-13-10-18(14(2)25(13)11-17-4-3-9-27-17)19(26)12-29-21-24-23-20(28-21)15-5-7-16(22)8-6-15/h5-8,10,17H,3-4,9,11-12H2,1-2H3/t17-/m0/s1. The van der Waals surface area contributed by atoms with Crippen LogP contribution in [0.1, 0.15) is 34.6 Å². The summed E-state index contributed by atoms with van der Waals surface area (Å²) < 4.78 is 26.5. The summed E-state index contributed by atoms with van der Waals surface area (Å²) in [5.74, 6) is 0.193. The summed E-state index contributed by atoms with van der Waals surface area (Å²) in [6, 6.07) is 7.76. The number of Topliss-reactive ketones (excluding diaryl/α,β-unsaturated/α-hetero) is 1. The van der Waals surface area contributed by atoms with E-state index >= 15 is 0 Å². The normalized spacial score (nSPS) is 16.4. The zero-order valence-corrected chi connectivity index (χ0v) is 17.2. The van der Waals surface area contributed by atoms with Crippen molar-refractivity contribution in [1.29, 1.82) is 0 Å². The average molecular weight is 415 g/mol. The minimum Gasteiger partial charge on any atom is -0.411 e. The summed E-state index contributed by atoms with van der Waals surface area (Å²) in [7, 11) is 0. The summed E-state index contributed by atoms with van der Waals surface area (Å²) in [6.45, 7) is 5.58. The summed E-state index contributed by atoms with van der Waals surface area (Å²) in [5, 5.41) is 8.25. The number of aromatic nitrogens is 3. The molecule has 152 valence electrons. The van der Waals surface area contributed by atoms with Crippen LogP contribution in [0.15, 0.2) is 40.0 Å². The lowest BCUT2D eigenvalue weighted by molar-refractivity contribution is 0.0957. The predicted octanol–water partition coefficient (Wildman–Crippen LogP) is 4.45. The average Bonchev–Trinajstić information content (AvgIpc) is 3.45. The van der Waals surface area contributed by atoms with E-state index in [4.69, 9.17) is 9.15 Å². The third kappa shape index (κ3) is 4.43. The zero-order valence-electron chi connectivity index (χ0n) is 16.4. The lowest BCUT2D eigenvalue weighted by Crippen LogP contribution is -2.17. The van der Waals surface area contributed by atoms with Gasteiger partial charge in [0.05, 0.1) is 11.9 Å². The van der Waals surface area contributed by atoms with Crippen molar-refractivity contribution in [3.63, 3.8) is 0 Å². The molecule has 0 aliphatic carbocycles. The van der Waals surface area contributed by atoms with Gasteiger partial charge in [0.1, 0.15) is 5.82 Å². The zero-order chi connectivity index (χ0) is 20.4. The van der Waals surface area contributed by atoms with Crippen LogP contribution in [0.3, 0.4) is 0 Å². The van der Waals surface area contributed by atoms with Gasteiger partial charge in [0.15, 0.2) is 5.78 Å². The number of thioether (sulfide) groups is 1. The highest BCUT2D eigenvalue weighted by molar-refractivity contribution is 7.99. The fourth-order valence-corrected chi connectivity index (χ4v) is 4.19. The van der Waals surface area contributed by atoms with Crippen LogP contribution in [0.5, 0.6) is 0 Å². The first-order chi connectivity index (χ1) is 14.0. The van der Waals surface area contributed by atoms with E-state index in [-0.39, 0.29) is 23.5 Å². The van der Waals surface area contributed by atoms with E-state index in [0.717, 1.165) is 37.4 Å². The van der Waals surface area contributed by atoms with Crippen LogP contribution in [-0.2, 0) is 11.3 Å². The summed E-state index contributed by atoms with van der Waals surface area (Å²) in [5.41, 5.74) is 3.37. The molecular formula is C21H22FN3O3S. The third-order valence-electron chi connectivity index (χ3n) is 5.11. The molecular weight excluding hydrogens is 393 g/mol. The molecule has 1 aromatic carbocycles. The van der Waals surface area contributed by atoms with Gasteiger partial charge in [-0.25, -0.2) is 4.39 Å². The molecule has 29 heavy (non-hydrogen) atoms. The second-order valence-corrected chi connectivity index (χ2v) is 8.05. The van der Waals surface area contributed by atoms with Gasteiger partial charge in [0.25, 0.3) is 5.22 Å². The van der Waals surface area contributed by atoms with E-state index in [1.165, 1.54) is 23.9 Å². The number of benzene rings is 1. The first kappa shape index (κ1) is 19.8. The van der Waals surface area contributed by atoms with Crippen LogP contribution in [0, 0.1) is 19.7 Å². The topological polar surface area (TPSA) is 70.2 Å². The van der Waals surface area contributed by atoms with Crippen molar-refractivity contribution in [2.75, 3.05) is 12.4 Å². The second kappa shape index (κ2) is 8.51. The third-order valence-corrected chi connectivity index (χ3v) is 5.93. The monoisotopic (exact) mass is 415 g/mol. The molecule has 0 amide bonds. The predicted molar refractivity (Wildman–Crippen MR) is 108 cm³/mol. The minimum absolute atomic E-state index is 0.0169. The molecule has 0 N–H and O–H groups in total. The molecule has 0 saturated carbocycles. The molecule has 1 aliphatic rings. The molecule has 6 nitrogen and oxygen atoms in total. The van der Waals surface area contributed by atoms with E-state index in [1.807, 2.05) is 19.9 Å². The van der Waals surface area contributed by atoms with Gasteiger partial charge >= 0.3 is 0 Å². The maximum atomic E-state index is 13.0. The molecule has 1 saturated heterocycles. The molecule has 1 atom stereocenters. The SMILES string of the molecule is Cc1cc(C(=O)CSc2nnc(-c3ccc(F)cc3)o2)c(C)n1C[C@@H]1CCCO1. The number of ether oxygens (including phenoxy) is 1. The largest absolute Gasteiger partial charge is 0.411 e. The number of ketones is 1. The Morgan fingerprint density at radius 2 is 2.07 bits per heavy atom. The number of halogens is 1. The van der Waals surface area contributed by atoms with Crippen LogP contribution >= 0.6 is 11.8 Å². The van der Waals surface area contributed by atoms with Crippen molar-refractivity contribution in [3.05, 3.63) is 53.1 Å². The Hall–Kier alpha value is -2.45. The Bertz CT molecular complexity index is 1010. The van der Waals surface area contributed by atoms with E-state index in [2.05, 4.69) is 14.8 Å². The molecule has 2 aromatic heterocycles. The van der Waals surface area contributed by atoms with Crippen LogP contribution < -0.4 is 0 Å². The van der Waals surface area contributed by atoms with Gasteiger partial charge in [-0.1, -0.05) is 11.8 Å². The van der Waals surface area contributed by atoms with E-state index < -0.39 is 0 Å². The van der Waals surface area contributed by atoms with Gasteiger partial charge in [-0.15, -0.1) is 10.2 Å². The molecule has 4 rings (SSSR count). The number of hydrogen-bond donors (Lipinski definition) is 0. The smallest absolute Gasteiger partial charge is 0.277 e. The first-order valence-electron chi connectivity index (χ1n) is 9.55. The molecule has 0 spiro atoms. The maximum absolute atomic E-state index is 13.0. The molecule has 1 fully saturated rings. The number of rotatable bonds is 7. The summed E-state index contributed by atoms with van der Waals surface area (Å²) >= 11 is 1.20. The van der Waals surface area contributed by atoms with Crippen LogP contribution in [0.25, 0.3) is 11.5 Å². The highest BCUT2D eigenvalue weighted by atomic mass is 32.2. The first-order valence-corrected chi connectivity index (χ1v) is 10.5. The lowest BCUT2D eigenvalue weighted by Gasteiger charge is -2.14. The molecule has 3 heterocycles. The quantitative estimate of drug-likeness (QED) is 0.419. The lowest BCUT2D eigenvalue weighted by atomic mass is 10.2. The highest BCUT2D eigenvalue weighted by Gasteiger charge is 2.21. The van der Waals surface area contributed by atoms with Gasteiger partial charge in [-0.2, -0.15) is 0 Å². The number of carbonyl (C=O) groups excluding carboxylic acids is 1. The van der Waals surface area contributed by atoms with Crippen molar-refractivity contribution in [1.82, 2.24) is 14.8 Å². The van der Waals surface area contributed by atoms with E-state index in [9.17, 15) is 9.18 Å². The van der Waals surface area contributed by atoms with Crippen molar-refractivity contribution in [2.24, 2.45) is 0 Å². The van der Waals surface area contributed by atoms with Gasteiger partial charge in [0, 0.05) is 35.7 Å². The molecule has 1 aliphatic heterocycles. The Balaban J connectivity index is 1.40. The fourth-order valence-electron chi connectivity index (χ4n) is 3.54. The number of aryl methyl sites for hydroxylation is 1. The van der Waals surface area contributed by atoms with Crippen molar-refractivity contribution >= 4 is 17.5 Å². The molecule has 3 aromatic rings. The van der Waals surface area contributed by atoms with Crippen LogP contribution in [-0.4, -0.2) is 39.0 Å². The summed E-state index contributed by atoms with van der Waals surface area (Å²) in [6.07, 6.45) is 2.38. The maximum Gasteiger partial charge on any atom is 0.277 e. The molecule has 0 unspecified atom stereocenters. The second-order valence-electron chi connectivity index (χ2n) is 7.12. The van der Waals surface area contributed by atoms with Gasteiger partial charge < -0.3 is 13.7 Å². The Kier molecular flexibility index (Phi) is 5.82. The van der Waals surface area contributed by atoms with Crippen molar-refractivity contribution in [3.8, 4) is 11.5 Å². The Morgan fingerprint density at radius 3 is 2.79 bits per heavy atom. The van der Waals surface area contributed by atoms with Crippen LogP contribution in [0.2, 0.25) is 0 Å². The van der Waals surface area contributed by atoms with Crippen molar-refractivity contribution < 1.29 is 18.3 Å². The molecule has 8 heteroatoms. The molecule has 0 radical (unpaired) electrons. The fraction of sp³-hybridized carbons (Fsp3) is 0.381.